The lowest BCUT2D eigenvalue weighted by atomic mass is 9.69. The van der Waals surface area contributed by atoms with Crippen LogP contribution in [0.4, 0.5) is 0 Å². The molecule has 0 bridgehead atoms. The third kappa shape index (κ3) is 2.94. The highest BCUT2D eigenvalue weighted by atomic mass is 16.3. The summed E-state index contributed by atoms with van der Waals surface area (Å²) >= 11 is 0. The van der Waals surface area contributed by atoms with E-state index in [1.807, 2.05) is 0 Å². The van der Waals surface area contributed by atoms with E-state index in [0.29, 0.717) is 12.5 Å². The topological polar surface area (TPSA) is 46.2 Å². The zero-order valence-corrected chi connectivity index (χ0v) is 10.5. The van der Waals surface area contributed by atoms with Crippen LogP contribution in [0.15, 0.2) is 0 Å². The molecule has 0 amide bonds. The molecule has 3 N–H and O–H groups in total. The zero-order valence-electron chi connectivity index (χ0n) is 10.5. The fourth-order valence-corrected chi connectivity index (χ4v) is 2.81. The third-order valence-electron chi connectivity index (χ3n) is 4.41. The van der Waals surface area contributed by atoms with E-state index in [4.69, 9.17) is 5.73 Å². The van der Waals surface area contributed by atoms with Gasteiger partial charge in [0.15, 0.2) is 0 Å². The van der Waals surface area contributed by atoms with E-state index in [2.05, 4.69) is 20.8 Å². The van der Waals surface area contributed by atoms with Crippen molar-refractivity contribution in [3.05, 3.63) is 0 Å². The molecule has 0 aromatic carbocycles. The van der Waals surface area contributed by atoms with Gasteiger partial charge in [0.25, 0.3) is 0 Å². The number of aliphatic hydroxyl groups excluding tert-OH is 1. The lowest BCUT2D eigenvalue weighted by Crippen LogP contribution is -2.44. The predicted octanol–water partition coefficient (Wildman–Crippen LogP) is 2.55. The van der Waals surface area contributed by atoms with E-state index in [-0.39, 0.29) is 11.5 Å². The van der Waals surface area contributed by atoms with E-state index in [1.165, 1.54) is 25.7 Å². The maximum Gasteiger partial charge on any atom is 0.0633 e. The fraction of sp³-hybridized carbons (Fsp3) is 1.00. The Morgan fingerprint density at radius 3 is 2.60 bits per heavy atom. The molecule has 1 aliphatic rings. The molecule has 15 heavy (non-hydrogen) atoms. The summed E-state index contributed by atoms with van der Waals surface area (Å²) in [5.41, 5.74) is 5.72. The van der Waals surface area contributed by atoms with Gasteiger partial charge < -0.3 is 10.8 Å². The third-order valence-corrected chi connectivity index (χ3v) is 4.41. The van der Waals surface area contributed by atoms with Crippen LogP contribution in [0.2, 0.25) is 0 Å². The Morgan fingerprint density at radius 1 is 1.47 bits per heavy atom. The van der Waals surface area contributed by atoms with Crippen molar-refractivity contribution in [3.63, 3.8) is 0 Å². The second kappa shape index (κ2) is 5.31. The first-order valence-electron chi connectivity index (χ1n) is 6.41. The van der Waals surface area contributed by atoms with Gasteiger partial charge in [-0.05, 0) is 31.1 Å². The van der Waals surface area contributed by atoms with Crippen LogP contribution in [0.5, 0.6) is 0 Å². The molecule has 0 aromatic rings. The first-order valence-corrected chi connectivity index (χ1v) is 6.41. The van der Waals surface area contributed by atoms with Crippen molar-refractivity contribution in [3.8, 4) is 0 Å². The van der Waals surface area contributed by atoms with Gasteiger partial charge in [-0.15, -0.1) is 0 Å². The average Bonchev–Trinajstić information content (AvgIpc) is 2.27. The highest BCUT2D eigenvalue weighted by molar-refractivity contribution is 4.88. The van der Waals surface area contributed by atoms with Gasteiger partial charge in [-0.1, -0.05) is 33.6 Å². The minimum absolute atomic E-state index is 0.0816. The average molecular weight is 213 g/mol. The monoisotopic (exact) mass is 213 g/mol. The number of nitrogens with two attached hydrogens (primary N) is 1. The maximum absolute atomic E-state index is 10.4. The Kier molecular flexibility index (Phi) is 4.60. The van der Waals surface area contributed by atoms with Gasteiger partial charge in [0.05, 0.1) is 6.10 Å². The molecule has 0 saturated heterocycles. The van der Waals surface area contributed by atoms with Gasteiger partial charge in [0, 0.05) is 12.0 Å². The highest BCUT2D eigenvalue weighted by Gasteiger charge is 2.37. The molecule has 0 aliphatic heterocycles. The first-order chi connectivity index (χ1) is 7.03. The van der Waals surface area contributed by atoms with Crippen LogP contribution in [0.25, 0.3) is 0 Å². The summed E-state index contributed by atoms with van der Waals surface area (Å²) in [6.07, 6.45) is 5.71. The minimum atomic E-state index is -0.213. The Bertz CT molecular complexity index is 189. The van der Waals surface area contributed by atoms with Crippen LogP contribution < -0.4 is 5.73 Å². The van der Waals surface area contributed by atoms with Crippen molar-refractivity contribution in [2.24, 2.45) is 23.0 Å². The molecule has 1 rings (SSSR count). The molecule has 4 unspecified atom stereocenters. The van der Waals surface area contributed by atoms with Crippen LogP contribution in [0.3, 0.4) is 0 Å². The van der Waals surface area contributed by atoms with Crippen molar-refractivity contribution in [2.75, 3.05) is 6.54 Å². The summed E-state index contributed by atoms with van der Waals surface area (Å²) in [5, 5.41) is 10.4. The Balaban J connectivity index is 2.61. The van der Waals surface area contributed by atoms with Gasteiger partial charge in [0.2, 0.25) is 0 Å². The van der Waals surface area contributed by atoms with Crippen LogP contribution in [-0.2, 0) is 0 Å². The van der Waals surface area contributed by atoms with E-state index >= 15 is 0 Å². The van der Waals surface area contributed by atoms with Gasteiger partial charge in [-0.3, -0.25) is 0 Å². The van der Waals surface area contributed by atoms with E-state index in [0.717, 1.165) is 12.3 Å². The molecular weight excluding hydrogens is 186 g/mol. The molecular formula is C13H27NO. The second-order valence-electron chi connectivity index (χ2n) is 5.69. The molecule has 1 saturated carbocycles. The first kappa shape index (κ1) is 13.0. The predicted molar refractivity (Wildman–Crippen MR) is 64.6 cm³/mol. The second-order valence-corrected chi connectivity index (χ2v) is 5.69. The highest BCUT2D eigenvalue weighted by Crippen LogP contribution is 2.38. The SMILES string of the molecule is CCC(C)(CN)C(O)C1CCCC(C)C1. The quantitative estimate of drug-likeness (QED) is 0.754. The lowest BCUT2D eigenvalue weighted by molar-refractivity contribution is -0.0252. The Morgan fingerprint density at radius 2 is 2.13 bits per heavy atom. The summed E-state index contributed by atoms with van der Waals surface area (Å²) in [6.45, 7) is 7.14. The zero-order chi connectivity index (χ0) is 11.5. The number of aliphatic hydroxyl groups is 1. The van der Waals surface area contributed by atoms with Gasteiger partial charge >= 0.3 is 0 Å². The smallest absolute Gasteiger partial charge is 0.0633 e. The van der Waals surface area contributed by atoms with Crippen molar-refractivity contribution in [1.82, 2.24) is 0 Å². The summed E-state index contributed by atoms with van der Waals surface area (Å²) in [7, 11) is 0. The number of hydrogen-bond donors (Lipinski definition) is 2. The Labute approximate surface area is 94.2 Å². The fourth-order valence-electron chi connectivity index (χ4n) is 2.81. The molecule has 1 aliphatic carbocycles. The van der Waals surface area contributed by atoms with Gasteiger partial charge in [-0.25, -0.2) is 0 Å². The van der Waals surface area contributed by atoms with Crippen LogP contribution >= 0.6 is 0 Å². The van der Waals surface area contributed by atoms with Crippen LogP contribution in [0, 0.1) is 17.3 Å². The molecule has 1 fully saturated rings. The summed E-state index contributed by atoms with van der Waals surface area (Å²) in [4.78, 5) is 0. The number of rotatable bonds is 4. The van der Waals surface area contributed by atoms with Crippen molar-refractivity contribution >= 4 is 0 Å². The largest absolute Gasteiger partial charge is 0.392 e. The van der Waals surface area contributed by atoms with E-state index in [1.54, 1.807) is 0 Å². The molecule has 4 atom stereocenters. The van der Waals surface area contributed by atoms with Crippen LogP contribution in [-0.4, -0.2) is 17.8 Å². The summed E-state index contributed by atoms with van der Waals surface area (Å²) in [6, 6.07) is 0. The van der Waals surface area contributed by atoms with E-state index in [9.17, 15) is 5.11 Å². The summed E-state index contributed by atoms with van der Waals surface area (Å²) in [5.74, 6) is 1.25. The molecule has 2 heteroatoms. The standard InChI is InChI=1S/C13H27NO/c1-4-13(3,9-14)12(15)11-7-5-6-10(2)8-11/h10-12,15H,4-9,14H2,1-3H3. The summed E-state index contributed by atoms with van der Waals surface area (Å²) < 4.78 is 0. The maximum atomic E-state index is 10.4. The van der Waals surface area contributed by atoms with E-state index < -0.39 is 0 Å². The molecule has 0 aromatic heterocycles. The van der Waals surface area contributed by atoms with Crippen LogP contribution in [0.1, 0.15) is 52.9 Å². The minimum Gasteiger partial charge on any atom is -0.392 e. The normalized spacial score (nSPS) is 33.4. The van der Waals surface area contributed by atoms with Gasteiger partial charge in [0.1, 0.15) is 0 Å². The van der Waals surface area contributed by atoms with Crippen molar-refractivity contribution < 1.29 is 5.11 Å². The van der Waals surface area contributed by atoms with Crippen molar-refractivity contribution in [2.45, 2.75) is 59.0 Å². The van der Waals surface area contributed by atoms with Crippen molar-refractivity contribution in [1.29, 1.82) is 0 Å². The number of hydrogen-bond acceptors (Lipinski definition) is 2. The molecule has 2 nitrogen and oxygen atoms in total. The molecule has 90 valence electrons. The Hall–Kier alpha value is -0.0800. The molecule has 0 radical (unpaired) electrons. The molecule has 0 spiro atoms. The molecule has 0 heterocycles. The van der Waals surface area contributed by atoms with Gasteiger partial charge in [-0.2, -0.15) is 0 Å². The lowest BCUT2D eigenvalue weighted by Gasteiger charge is -2.40.